The third kappa shape index (κ3) is 3.62. The van der Waals surface area contributed by atoms with Crippen LogP contribution in [0.2, 0.25) is 5.02 Å². The van der Waals surface area contributed by atoms with E-state index in [-0.39, 0.29) is 0 Å². The van der Waals surface area contributed by atoms with Crippen LogP contribution < -0.4 is 5.32 Å². The summed E-state index contributed by atoms with van der Waals surface area (Å²) in [6.07, 6.45) is 7.82. The van der Waals surface area contributed by atoms with Crippen LogP contribution in [0.3, 0.4) is 0 Å². The Morgan fingerprint density at radius 1 is 1.18 bits per heavy atom. The second-order valence-corrected chi connectivity index (χ2v) is 5.21. The molecule has 94 valence electrons. The van der Waals surface area contributed by atoms with Crippen molar-refractivity contribution in [2.45, 2.75) is 51.1 Å². The van der Waals surface area contributed by atoms with Gasteiger partial charge in [0.25, 0.3) is 0 Å². The van der Waals surface area contributed by atoms with E-state index in [2.05, 4.69) is 5.32 Å². The Labute approximate surface area is 108 Å². The molecule has 0 atom stereocenters. The van der Waals surface area contributed by atoms with Crippen molar-refractivity contribution >= 4 is 11.6 Å². The summed E-state index contributed by atoms with van der Waals surface area (Å²) in [6.45, 7) is 0.663. The van der Waals surface area contributed by atoms with E-state index in [9.17, 15) is 5.11 Å². The van der Waals surface area contributed by atoms with Crippen molar-refractivity contribution in [1.82, 2.24) is 5.32 Å². The molecule has 0 unspecified atom stereocenters. The SMILES string of the molecule is Oc1cccc(Cl)c1CNC1CCCCCC1. The van der Waals surface area contributed by atoms with Crippen molar-refractivity contribution in [2.24, 2.45) is 0 Å². The van der Waals surface area contributed by atoms with Crippen LogP contribution in [0.5, 0.6) is 5.75 Å². The Kier molecular flexibility index (Phi) is 4.69. The van der Waals surface area contributed by atoms with Crippen LogP contribution in [-0.4, -0.2) is 11.1 Å². The van der Waals surface area contributed by atoms with E-state index in [0.717, 1.165) is 5.56 Å². The zero-order valence-corrected chi connectivity index (χ0v) is 10.8. The standard InChI is InChI=1S/C14H20ClNO/c15-13-8-5-9-14(17)12(13)10-16-11-6-3-1-2-4-7-11/h5,8-9,11,16-17H,1-4,6-7,10H2. The maximum Gasteiger partial charge on any atom is 0.121 e. The maximum absolute atomic E-state index is 9.75. The highest BCUT2D eigenvalue weighted by Crippen LogP contribution is 2.25. The van der Waals surface area contributed by atoms with Crippen molar-refractivity contribution in [3.8, 4) is 5.75 Å². The van der Waals surface area contributed by atoms with Gasteiger partial charge < -0.3 is 10.4 Å². The second-order valence-electron chi connectivity index (χ2n) is 4.81. The zero-order valence-electron chi connectivity index (χ0n) is 10.1. The Bertz CT molecular complexity index is 339. The molecule has 1 aromatic rings. The van der Waals surface area contributed by atoms with Crippen LogP contribution in [0.1, 0.15) is 44.1 Å². The van der Waals surface area contributed by atoms with Gasteiger partial charge in [0.15, 0.2) is 0 Å². The number of rotatable bonds is 3. The van der Waals surface area contributed by atoms with E-state index in [1.54, 1.807) is 12.1 Å². The van der Waals surface area contributed by atoms with Crippen molar-refractivity contribution < 1.29 is 5.11 Å². The van der Waals surface area contributed by atoms with E-state index < -0.39 is 0 Å². The van der Waals surface area contributed by atoms with E-state index in [1.165, 1.54) is 38.5 Å². The van der Waals surface area contributed by atoms with Crippen LogP contribution in [0.25, 0.3) is 0 Å². The van der Waals surface area contributed by atoms with Gasteiger partial charge in [0.05, 0.1) is 0 Å². The molecule has 0 bridgehead atoms. The molecule has 0 amide bonds. The normalized spacial score (nSPS) is 17.9. The fourth-order valence-corrected chi connectivity index (χ4v) is 2.69. The van der Waals surface area contributed by atoms with Gasteiger partial charge in [0.2, 0.25) is 0 Å². The summed E-state index contributed by atoms with van der Waals surface area (Å²) in [7, 11) is 0. The summed E-state index contributed by atoms with van der Waals surface area (Å²) in [5, 5.41) is 13.9. The molecule has 0 radical (unpaired) electrons. The highest BCUT2D eigenvalue weighted by atomic mass is 35.5. The number of hydrogen-bond donors (Lipinski definition) is 2. The zero-order chi connectivity index (χ0) is 12.1. The lowest BCUT2D eigenvalue weighted by Crippen LogP contribution is -2.28. The largest absolute Gasteiger partial charge is 0.508 e. The first-order valence-electron chi connectivity index (χ1n) is 6.47. The smallest absolute Gasteiger partial charge is 0.121 e. The van der Waals surface area contributed by atoms with E-state index in [0.29, 0.717) is 23.4 Å². The summed E-state index contributed by atoms with van der Waals surface area (Å²) < 4.78 is 0. The van der Waals surface area contributed by atoms with Crippen molar-refractivity contribution in [3.63, 3.8) is 0 Å². The maximum atomic E-state index is 9.75. The number of hydrogen-bond acceptors (Lipinski definition) is 2. The van der Waals surface area contributed by atoms with Gasteiger partial charge in [-0.1, -0.05) is 43.4 Å². The van der Waals surface area contributed by atoms with E-state index >= 15 is 0 Å². The molecule has 1 aliphatic carbocycles. The summed E-state index contributed by atoms with van der Waals surface area (Å²) in [5.74, 6) is 0.290. The molecule has 0 spiro atoms. The van der Waals surface area contributed by atoms with Gasteiger partial charge in [-0.25, -0.2) is 0 Å². The van der Waals surface area contributed by atoms with Crippen LogP contribution in [0, 0.1) is 0 Å². The van der Waals surface area contributed by atoms with Gasteiger partial charge in [0, 0.05) is 23.2 Å². The first-order valence-corrected chi connectivity index (χ1v) is 6.85. The lowest BCUT2D eigenvalue weighted by Gasteiger charge is -2.17. The summed E-state index contributed by atoms with van der Waals surface area (Å²) in [6, 6.07) is 5.86. The molecule has 17 heavy (non-hydrogen) atoms. The molecular formula is C14H20ClNO. The molecule has 1 fully saturated rings. The average Bonchev–Trinajstić information content (AvgIpc) is 2.57. The van der Waals surface area contributed by atoms with Gasteiger partial charge in [0.1, 0.15) is 5.75 Å². The minimum atomic E-state index is 0.290. The molecule has 0 heterocycles. The van der Waals surface area contributed by atoms with Crippen molar-refractivity contribution in [2.75, 3.05) is 0 Å². The van der Waals surface area contributed by atoms with Gasteiger partial charge in [-0.05, 0) is 25.0 Å². The molecular weight excluding hydrogens is 234 g/mol. The molecule has 2 N–H and O–H groups in total. The van der Waals surface area contributed by atoms with E-state index in [4.69, 9.17) is 11.6 Å². The van der Waals surface area contributed by atoms with Crippen molar-refractivity contribution in [1.29, 1.82) is 0 Å². The number of aromatic hydroxyl groups is 1. The molecule has 1 saturated carbocycles. The highest BCUT2D eigenvalue weighted by molar-refractivity contribution is 6.31. The second kappa shape index (κ2) is 6.27. The molecule has 2 nitrogen and oxygen atoms in total. The molecule has 0 aliphatic heterocycles. The van der Waals surface area contributed by atoms with Gasteiger partial charge in [-0.3, -0.25) is 0 Å². The Morgan fingerprint density at radius 3 is 2.53 bits per heavy atom. The molecule has 2 rings (SSSR count). The molecule has 1 aromatic carbocycles. The fourth-order valence-electron chi connectivity index (χ4n) is 2.45. The van der Waals surface area contributed by atoms with Crippen LogP contribution >= 0.6 is 11.6 Å². The van der Waals surface area contributed by atoms with Gasteiger partial charge >= 0.3 is 0 Å². The minimum absolute atomic E-state index is 0.290. The topological polar surface area (TPSA) is 32.3 Å². The van der Waals surface area contributed by atoms with E-state index in [1.807, 2.05) is 6.07 Å². The summed E-state index contributed by atoms with van der Waals surface area (Å²) in [5.41, 5.74) is 0.818. The van der Waals surface area contributed by atoms with Crippen molar-refractivity contribution in [3.05, 3.63) is 28.8 Å². The van der Waals surface area contributed by atoms with Gasteiger partial charge in [-0.2, -0.15) is 0 Å². The number of halogens is 1. The molecule has 3 heteroatoms. The first kappa shape index (κ1) is 12.7. The summed E-state index contributed by atoms with van der Waals surface area (Å²) >= 11 is 6.08. The predicted octanol–water partition coefficient (Wildman–Crippen LogP) is 3.86. The quantitative estimate of drug-likeness (QED) is 0.802. The number of nitrogens with one attached hydrogen (secondary N) is 1. The lowest BCUT2D eigenvalue weighted by molar-refractivity contribution is 0.437. The number of phenolic OH excluding ortho intramolecular Hbond substituents is 1. The molecule has 1 aliphatic rings. The summed E-state index contributed by atoms with van der Waals surface area (Å²) in [4.78, 5) is 0. The number of benzene rings is 1. The molecule has 0 saturated heterocycles. The Balaban J connectivity index is 1.92. The Morgan fingerprint density at radius 2 is 1.88 bits per heavy atom. The third-order valence-corrected chi connectivity index (χ3v) is 3.87. The number of phenols is 1. The average molecular weight is 254 g/mol. The minimum Gasteiger partial charge on any atom is -0.508 e. The monoisotopic (exact) mass is 253 g/mol. The van der Waals surface area contributed by atoms with Crippen LogP contribution in [0.4, 0.5) is 0 Å². The van der Waals surface area contributed by atoms with Gasteiger partial charge in [-0.15, -0.1) is 0 Å². The van der Waals surface area contributed by atoms with Crippen LogP contribution in [-0.2, 0) is 6.54 Å². The third-order valence-electron chi connectivity index (χ3n) is 3.52. The highest BCUT2D eigenvalue weighted by Gasteiger charge is 2.13. The Hall–Kier alpha value is -0.730. The molecule has 0 aromatic heterocycles. The predicted molar refractivity (Wildman–Crippen MR) is 71.4 cm³/mol. The fraction of sp³-hybridized carbons (Fsp3) is 0.571. The lowest BCUT2D eigenvalue weighted by atomic mass is 10.1. The first-order chi connectivity index (χ1) is 8.27. The van der Waals surface area contributed by atoms with Crippen LogP contribution in [0.15, 0.2) is 18.2 Å².